The van der Waals surface area contributed by atoms with E-state index in [-0.39, 0.29) is 0 Å². The Bertz CT molecular complexity index is 751. The van der Waals surface area contributed by atoms with Crippen LogP contribution in [0.3, 0.4) is 0 Å². The van der Waals surface area contributed by atoms with Crippen molar-refractivity contribution in [2.45, 2.75) is 39.5 Å². The van der Waals surface area contributed by atoms with E-state index < -0.39 is 0 Å². The summed E-state index contributed by atoms with van der Waals surface area (Å²) in [5, 5.41) is 0. The normalized spacial score (nSPS) is 11.7. The van der Waals surface area contributed by atoms with Crippen molar-refractivity contribution < 1.29 is 4.42 Å². The number of rotatable bonds is 3. The lowest BCUT2D eigenvalue weighted by Gasteiger charge is -2.04. The van der Waals surface area contributed by atoms with E-state index in [1.807, 2.05) is 6.07 Å². The summed E-state index contributed by atoms with van der Waals surface area (Å²) in [6, 6.07) is 14.7. The van der Waals surface area contributed by atoms with E-state index in [1.54, 1.807) is 0 Å². The van der Waals surface area contributed by atoms with Crippen LogP contribution in [0, 0.1) is 0 Å². The highest BCUT2D eigenvalue weighted by Crippen LogP contribution is 2.27. The third-order valence-corrected chi connectivity index (χ3v) is 3.90. The van der Waals surface area contributed by atoms with Gasteiger partial charge < -0.3 is 4.42 Å². The van der Waals surface area contributed by atoms with E-state index in [1.165, 1.54) is 11.1 Å². The topological polar surface area (TPSA) is 26.0 Å². The fraction of sp³-hybridized carbons (Fsp3) is 0.316. The number of fused-ring (bicyclic) bond motifs is 1. The molecule has 0 saturated carbocycles. The zero-order valence-corrected chi connectivity index (χ0v) is 13.1. The molecule has 0 atom stereocenters. The molecular formula is C19H21NO. The average molecular weight is 279 g/mol. The molecule has 0 aliphatic heterocycles. The Labute approximate surface area is 125 Å². The quantitative estimate of drug-likeness (QED) is 0.611. The molecule has 0 saturated heterocycles. The molecule has 0 spiro atoms. The first kappa shape index (κ1) is 13.9. The summed E-state index contributed by atoms with van der Waals surface area (Å²) >= 11 is 0. The van der Waals surface area contributed by atoms with Crippen LogP contribution in [0.25, 0.3) is 22.6 Å². The van der Waals surface area contributed by atoms with Crippen molar-refractivity contribution in [2.75, 3.05) is 0 Å². The van der Waals surface area contributed by atoms with Crippen LogP contribution in [0.1, 0.15) is 50.7 Å². The van der Waals surface area contributed by atoms with Crippen molar-refractivity contribution >= 4 is 11.1 Å². The number of benzene rings is 2. The van der Waals surface area contributed by atoms with Crippen LogP contribution in [0.5, 0.6) is 0 Å². The number of nitrogens with zero attached hydrogens (tertiary/aromatic N) is 1. The van der Waals surface area contributed by atoms with Gasteiger partial charge in [-0.15, -0.1) is 0 Å². The van der Waals surface area contributed by atoms with Crippen molar-refractivity contribution in [3.05, 3.63) is 53.6 Å². The lowest BCUT2D eigenvalue weighted by Crippen LogP contribution is -1.87. The minimum Gasteiger partial charge on any atom is -0.436 e. The smallest absolute Gasteiger partial charge is 0.227 e. The summed E-state index contributed by atoms with van der Waals surface area (Å²) < 4.78 is 5.88. The Hall–Kier alpha value is -2.09. The van der Waals surface area contributed by atoms with Gasteiger partial charge in [0.2, 0.25) is 5.89 Å². The van der Waals surface area contributed by atoms with Crippen LogP contribution >= 0.6 is 0 Å². The van der Waals surface area contributed by atoms with Crippen molar-refractivity contribution in [2.24, 2.45) is 0 Å². The summed E-state index contributed by atoms with van der Waals surface area (Å²) in [6.45, 7) is 8.77. The van der Waals surface area contributed by atoms with Gasteiger partial charge in [-0.25, -0.2) is 4.98 Å². The van der Waals surface area contributed by atoms with E-state index >= 15 is 0 Å². The van der Waals surface area contributed by atoms with E-state index in [9.17, 15) is 0 Å². The van der Waals surface area contributed by atoms with Gasteiger partial charge in [-0.05, 0) is 47.2 Å². The van der Waals surface area contributed by atoms with Crippen LogP contribution in [-0.4, -0.2) is 4.98 Å². The number of aromatic nitrogens is 1. The lowest BCUT2D eigenvalue weighted by molar-refractivity contribution is 0.619. The second-order valence-corrected chi connectivity index (χ2v) is 6.18. The molecule has 0 aliphatic rings. The SMILES string of the molecule is CC(C)c1ccc(-c2nc3cc(C(C)C)ccc3o2)cc1. The molecule has 0 unspecified atom stereocenters. The van der Waals surface area contributed by atoms with Gasteiger partial charge in [0.25, 0.3) is 0 Å². The summed E-state index contributed by atoms with van der Waals surface area (Å²) in [7, 11) is 0. The van der Waals surface area contributed by atoms with Gasteiger partial charge in [-0.1, -0.05) is 45.9 Å². The highest BCUT2D eigenvalue weighted by molar-refractivity contribution is 5.77. The molecule has 0 aliphatic carbocycles. The minimum absolute atomic E-state index is 0.500. The minimum atomic E-state index is 0.500. The molecule has 108 valence electrons. The Morgan fingerprint density at radius 1 is 0.810 bits per heavy atom. The van der Waals surface area contributed by atoms with Crippen LogP contribution in [-0.2, 0) is 0 Å². The molecule has 0 fully saturated rings. The van der Waals surface area contributed by atoms with Crippen LogP contribution in [0.15, 0.2) is 46.9 Å². The molecule has 1 aromatic heterocycles. The van der Waals surface area contributed by atoms with Crippen molar-refractivity contribution in [1.82, 2.24) is 4.98 Å². The molecule has 21 heavy (non-hydrogen) atoms. The molecule has 0 radical (unpaired) electrons. The Kier molecular flexibility index (Phi) is 3.54. The van der Waals surface area contributed by atoms with Crippen molar-refractivity contribution in [1.29, 1.82) is 0 Å². The molecule has 0 bridgehead atoms. The van der Waals surface area contributed by atoms with Gasteiger partial charge in [0.15, 0.2) is 5.58 Å². The largest absolute Gasteiger partial charge is 0.436 e. The molecule has 0 N–H and O–H groups in total. The van der Waals surface area contributed by atoms with Gasteiger partial charge in [0, 0.05) is 5.56 Å². The first-order valence-electron chi connectivity index (χ1n) is 7.55. The molecule has 1 heterocycles. The number of hydrogen-bond acceptors (Lipinski definition) is 2. The fourth-order valence-corrected chi connectivity index (χ4v) is 2.44. The Morgan fingerprint density at radius 2 is 1.43 bits per heavy atom. The van der Waals surface area contributed by atoms with Gasteiger partial charge in [-0.3, -0.25) is 0 Å². The first-order valence-corrected chi connectivity index (χ1v) is 7.55. The lowest BCUT2D eigenvalue weighted by atomic mass is 10.0. The van der Waals surface area contributed by atoms with Crippen molar-refractivity contribution in [3.8, 4) is 11.5 Å². The van der Waals surface area contributed by atoms with Gasteiger partial charge in [0.05, 0.1) is 0 Å². The number of hydrogen-bond donors (Lipinski definition) is 0. The predicted octanol–water partition coefficient (Wildman–Crippen LogP) is 5.74. The third-order valence-electron chi connectivity index (χ3n) is 3.90. The summed E-state index contributed by atoms with van der Waals surface area (Å²) in [5.74, 6) is 1.73. The highest BCUT2D eigenvalue weighted by atomic mass is 16.3. The monoisotopic (exact) mass is 279 g/mol. The van der Waals surface area contributed by atoms with Crippen LogP contribution < -0.4 is 0 Å². The van der Waals surface area contributed by atoms with Gasteiger partial charge in [-0.2, -0.15) is 0 Å². The van der Waals surface area contributed by atoms with E-state index in [0.29, 0.717) is 17.7 Å². The standard InChI is InChI=1S/C19H21NO/c1-12(2)14-5-7-15(8-6-14)19-20-17-11-16(13(3)4)9-10-18(17)21-19/h5-13H,1-4H3. The summed E-state index contributed by atoms with van der Waals surface area (Å²) in [6.07, 6.45) is 0. The van der Waals surface area contributed by atoms with Gasteiger partial charge >= 0.3 is 0 Å². The molecule has 3 rings (SSSR count). The third kappa shape index (κ3) is 2.71. The van der Waals surface area contributed by atoms with E-state index in [2.05, 4.69) is 69.1 Å². The van der Waals surface area contributed by atoms with Crippen LogP contribution in [0.2, 0.25) is 0 Å². The molecular weight excluding hydrogens is 258 g/mol. The van der Waals surface area contributed by atoms with E-state index in [4.69, 9.17) is 4.42 Å². The zero-order valence-electron chi connectivity index (χ0n) is 13.1. The van der Waals surface area contributed by atoms with Crippen molar-refractivity contribution in [3.63, 3.8) is 0 Å². The second-order valence-electron chi connectivity index (χ2n) is 6.18. The van der Waals surface area contributed by atoms with E-state index in [0.717, 1.165) is 16.7 Å². The highest BCUT2D eigenvalue weighted by Gasteiger charge is 2.10. The Morgan fingerprint density at radius 3 is 2.05 bits per heavy atom. The molecule has 0 amide bonds. The zero-order chi connectivity index (χ0) is 15.0. The molecule has 2 heteroatoms. The average Bonchev–Trinajstić information content (AvgIpc) is 2.90. The molecule has 3 aromatic rings. The summed E-state index contributed by atoms with van der Waals surface area (Å²) in [5.41, 5.74) is 5.43. The maximum Gasteiger partial charge on any atom is 0.227 e. The molecule has 2 nitrogen and oxygen atoms in total. The number of oxazole rings is 1. The fourth-order valence-electron chi connectivity index (χ4n) is 2.44. The maximum absolute atomic E-state index is 5.88. The summed E-state index contributed by atoms with van der Waals surface area (Å²) in [4.78, 5) is 4.63. The molecule has 2 aromatic carbocycles. The Balaban J connectivity index is 2.00. The first-order chi connectivity index (χ1) is 10.0. The van der Waals surface area contributed by atoms with Crippen LogP contribution in [0.4, 0.5) is 0 Å². The predicted molar refractivity (Wildman–Crippen MR) is 87.6 cm³/mol. The van der Waals surface area contributed by atoms with Gasteiger partial charge in [0.1, 0.15) is 5.52 Å². The second kappa shape index (κ2) is 5.36. The maximum atomic E-state index is 5.88.